The average molecular weight is 300 g/mol. The summed E-state index contributed by atoms with van der Waals surface area (Å²) in [5.41, 5.74) is 6.43. The van der Waals surface area contributed by atoms with Crippen LogP contribution in [-0.2, 0) is 11.2 Å². The van der Waals surface area contributed by atoms with Crippen LogP contribution in [0.1, 0.15) is 12.0 Å². The Balaban J connectivity index is 2.00. The monoisotopic (exact) mass is 299 g/mol. The number of benzene rings is 1. The fourth-order valence-electron chi connectivity index (χ4n) is 2.02. The number of nitrogens with two attached hydrogens (primary N) is 1. The topological polar surface area (TPSA) is 64.6 Å². The molecule has 0 saturated carbocycles. The lowest BCUT2D eigenvalue weighted by Gasteiger charge is -2.07. The minimum Gasteiger partial charge on any atom is -0.330 e. The summed E-state index contributed by atoms with van der Waals surface area (Å²) < 4.78 is 0. The van der Waals surface area contributed by atoms with Gasteiger partial charge in [-0.3, -0.25) is 0 Å². The Labute approximate surface area is 121 Å². The summed E-state index contributed by atoms with van der Waals surface area (Å²) in [6.45, 7) is 0.995. The smallest absolute Gasteiger partial charge is 0.330 e. The number of nitrogens with one attached hydrogen (secondary N) is 1. The van der Waals surface area contributed by atoms with Gasteiger partial charge in [0.05, 0.1) is 6.54 Å². The molecule has 102 valence electrons. The van der Waals surface area contributed by atoms with E-state index in [9.17, 15) is 9.59 Å². The number of carbonyl (C=O) groups is 2. The van der Waals surface area contributed by atoms with Gasteiger partial charge in [0.2, 0.25) is 0 Å². The van der Waals surface area contributed by atoms with Gasteiger partial charge in [-0.1, -0.05) is 23.7 Å². The Kier molecular flexibility index (Phi) is 4.99. The zero-order valence-corrected chi connectivity index (χ0v) is 12.0. The number of thioether (sulfide) groups is 1. The van der Waals surface area contributed by atoms with Crippen molar-refractivity contribution < 1.29 is 14.5 Å². The van der Waals surface area contributed by atoms with Gasteiger partial charge in [-0.25, -0.2) is 9.59 Å². The standard InChI is InChI=1S/C13H15ClN2O2S/c14-10-4-2-9(3-5-10)8-11-12(17)16(7-1-6-15)13(18)19-11/h2-5,11H,1,6-8,15H2/p+1. The number of imide groups is 1. The molecule has 1 saturated heterocycles. The molecule has 1 aliphatic heterocycles. The summed E-state index contributed by atoms with van der Waals surface area (Å²) in [7, 11) is 0. The quantitative estimate of drug-likeness (QED) is 0.847. The van der Waals surface area contributed by atoms with E-state index in [-0.39, 0.29) is 16.4 Å². The number of halogens is 1. The van der Waals surface area contributed by atoms with Crippen LogP contribution < -0.4 is 10.6 Å². The first-order chi connectivity index (χ1) is 9.11. The largest absolute Gasteiger partial charge is 0.381 e. The van der Waals surface area contributed by atoms with Crippen molar-refractivity contribution in [2.45, 2.75) is 18.1 Å². The molecular weight excluding hydrogens is 284 g/mol. The lowest BCUT2D eigenvalue weighted by Crippen LogP contribution is -3.15. The van der Waals surface area contributed by atoms with Crippen molar-refractivity contribution in [1.29, 1.82) is 0 Å². The molecular formula is C13H16ClN2O2S+. The molecule has 0 aliphatic carbocycles. The first kappa shape index (κ1) is 14.5. The van der Waals surface area contributed by atoms with Crippen molar-refractivity contribution in [3.8, 4) is 0 Å². The second-order valence-corrected chi connectivity index (χ2v) is 6.07. The summed E-state index contributed by atoms with van der Waals surface area (Å²) in [5.74, 6) is -0.0293. The Morgan fingerprint density at radius 1 is 1.26 bits per heavy atom. The van der Waals surface area contributed by atoms with E-state index < -0.39 is 0 Å². The Bertz CT molecular complexity index is 478. The lowest BCUT2D eigenvalue weighted by molar-refractivity contribution is -0.722. The third-order valence-electron chi connectivity index (χ3n) is 3.05. The van der Waals surface area contributed by atoms with Crippen LogP contribution in [-0.4, -0.2) is 29.5 Å². The van der Waals surface area contributed by atoms with E-state index in [0.717, 1.165) is 17.3 Å². The molecule has 1 fully saturated rings. The van der Waals surface area contributed by atoms with Gasteiger partial charge in [-0.15, -0.1) is 0 Å². The third-order valence-corrected chi connectivity index (χ3v) is 4.43. The van der Waals surface area contributed by atoms with E-state index >= 15 is 0 Å². The van der Waals surface area contributed by atoms with Gasteiger partial charge in [0.1, 0.15) is 5.25 Å². The van der Waals surface area contributed by atoms with Gasteiger partial charge >= 0.3 is 11.1 Å². The second-order valence-electron chi connectivity index (χ2n) is 4.46. The minimum absolute atomic E-state index is 0.0293. The molecule has 0 aromatic heterocycles. The molecule has 1 aromatic carbocycles. The van der Waals surface area contributed by atoms with Crippen molar-refractivity contribution in [1.82, 2.24) is 0 Å². The zero-order valence-electron chi connectivity index (χ0n) is 10.4. The highest BCUT2D eigenvalue weighted by Crippen LogP contribution is 2.21. The van der Waals surface area contributed by atoms with Crippen LogP contribution in [0.4, 0.5) is 4.79 Å². The molecule has 1 heterocycles. The van der Waals surface area contributed by atoms with Gasteiger partial charge < -0.3 is 5.73 Å². The van der Waals surface area contributed by atoms with Gasteiger partial charge in [0.25, 0.3) is 0 Å². The van der Waals surface area contributed by atoms with E-state index in [0.29, 0.717) is 35.9 Å². The number of amides is 2. The predicted octanol–water partition coefficient (Wildman–Crippen LogP) is 0.878. The van der Waals surface area contributed by atoms with Crippen LogP contribution >= 0.6 is 23.4 Å². The maximum absolute atomic E-state index is 12.1. The van der Waals surface area contributed by atoms with Gasteiger partial charge in [0.15, 0.2) is 0 Å². The molecule has 2 rings (SSSR count). The van der Waals surface area contributed by atoms with E-state index in [2.05, 4.69) is 0 Å². The molecule has 0 radical (unpaired) electrons. The van der Waals surface area contributed by atoms with Crippen LogP contribution in [0.25, 0.3) is 0 Å². The number of hydrogen-bond donors (Lipinski definition) is 2. The molecule has 2 amide bonds. The van der Waals surface area contributed by atoms with Crippen LogP contribution in [0.3, 0.4) is 0 Å². The third kappa shape index (κ3) is 3.57. The first-order valence-corrected chi connectivity index (χ1v) is 7.43. The van der Waals surface area contributed by atoms with Crippen molar-refractivity contribution in [2.24, 2.45) is 5.73 Å². The highest BCUT2D eigenvalue weighted by molar-refractivity contribution is 8.14. The molecule has 1 aromatic rings. The normalized spacial score (nSPS) is 23.1. The second kappa shape index (κ2) is 6.52. The summed E-state index contributed by atoms with van der Waals surface area (Å²) in [6, 6.07) is 7.36. The first-order valence-electron chi connectivity index (χ1n) is 6.17. The molecule has 2 atom stereocenters. The Hall–Kier alpha value is -0.880. The van der Waals surface area contributed by atoms with Crippen LogP contribution in [0, 0.1) is 0 Å². The Morgan fingerprint density at radius 2 is 1.95 bits per heavy atom. The maximum Gasteiger partial charge on any atom is 0.381 e. The number of quaternary nitrogens is 1. The molecule has 0 spiro atoms. The fraction of sp³-hybridized carbons (Fsp3) is 0.385. The van der Waals surface area contributed by atoms with Crippen molar-refractivity contribution in [3.05, 3.63) is 34.9 Å². The van der Waals surface area contributed by atoms with Crippen molar-refractivity contribution in [3.63, 3.8) is 0 Å². The number of hydrogen-bond acceptors (Lipinski definition) is 4. The van der Waals surface area contributed by atoms with E-state index in [1.54, 1.807) is 12.1 Å². The molecule has 4 nitrogen and oxygen atoms in total. The SMILES string of the molecule is NCCC[NH+]1C(=O)SC(Cc2ccc(Cl)cc2)C1=O. The number of rotatable bonds is 5. The highest BCUT2D eigenvalue weighted by atomic mass is 35.5. The van der Waals surface area contributed by atoms with E-state index in [4.69, 9.17) is 17.3 Å². The molecule has 1 aliphatic rings. The summed E-state index contributed by atoms with van der Waals surface area (Å²) >= 11 is 6.95. The summed E-state index contributed by atoms with van der Waals surface area (Å²) in [5, 5.41) is 0.291. The molecule has 0 bridgehead atoms. The van der Waals surface area contributed by atoms with Crippen molar-refractivity contribution >= 4 is 34.5 Å². The molecule has 3 N–H and O–H groups in total. The minimum atomic E-state index is -0.290. The maximum atomic E-state index is 12.1. The van der Waals surface area contributed by atoms with Crippen LogP contribution in [0.2, 0.25) is 5.02 Å². The predicted molar refractivity (Wildman–Crippen MR) is 76.4 cm³/mol. The summed E-state index contributed by atoms with van der Waals surface area (Å²) in [4.78, 5) is 24.4. The molecule has 19 heavy (non-hydrogen) atoms. The van der Waals surface area contributed by atoms with Crippen molar-refractivity contribution in [2.75, 3.05) is 13.1 Å². The van der Waals surface area contributed by atoms with Gasteiger partial charge in [0, 0.05) is 11.4 Å². The van der Waals surface area contributed by atoms with Crippen LogP contribution in [0.5, 0.6) is 0 Å². The Morgan fingerprint density at radius 3 is 2.58 bits per heavy atom. The van der Waals surface area contributed by atoms with E-state index in [1.165, 1.54) is 0 Å². The highest BCUT2D eigenvalue weighted by Gasteiger charge is 2.45. The van der Waals surface area contributed by atoms with Crippen LogP contribution in [0.15, 0.2) is 24.3 Å². The van der Waals surface area contributed by atoms with E-state index in [1.807, 2.05) is 12.1 Å². The fourth-order valence-corrected chi connectivity index (χ4v) is 3.28. The van der Waals surface area contributed by atoms with Gasteiger partial charge in [-0.05, 0) is 42.4 Å². The number of carbonyl (C=O) groups excluding carboxylic acids is 2. The summed E-state index contributed by atoms with van der Waals surface area (Å²) in [6.07, 6.45) is 1.25. The molecule has 6 heteroatoms. The zero-order chi connectivity index (χ0) is 13.8. The average Bonchev–Trinajstić information content (AvgIpc) is 2.65. The van der Waals surface area contributed by atoms with Gasteiger partial charge in [-0.2, -0.15) is 4.90 Å². The molecule has 2 unspecified atom stereocenters. The lowest BCUT2D eigenvalue weighted by atomic mass is 10.1.